The zero-order valence-corrected chi connectivity index (χ0v) is 14.7. The predicted molar refractivity (Wildman–Crippen MR) is 91.0 cm³/mol. The standard InChI is InChI=1S/C17H21FN2O3S/c1-20(2)15(13-8-4-6-10-16(13)23-3)12-19-24(21,22)17-11-7-5-9-14(17)18/h4-11,15,19H,12H2,1-3H3/t15-/m1/s1. The summed E-state index contributed by atoms with van der Waals surface area (Å²) in [5.41, 5.74) is 0.848. The van der Waals surface area contributed by atoms with Crippen molar-refractivity contribution in [1.29, 1.82) is 0 Å². The summed E-state index contributed by atoms with van der Waals surface area (Å²) in [7, 11) is 1.31. The highest BCUT2D eigenvalue weighted by Gasteiger charge is 2.23. The molecule has 0 spiro atoms. The summed E-state index contributed by atoms with van der Waals surface area (Å²) in [6.45, 7) is 0.0873. The fraction of sp³-hybridized carbons (Fsp3) is 0.294. The summed E-state index contributed by atoms with van der Waals surface area (Å²) < 4.78 is 46.3. The molecular formula is C17H21FN2O3S. The monoisotopic (exact) mass is 352 g/mol. The number of hydrogen-bond donors (Lipinski definition) is 1. The fourth-order valence-electron chi connectivity index (χ4n) is 2.44. The van der Waals surface area contributed by atoms with Crippen LogP contribution in [0.2, 0.25) is 0 Å². The molecule has 0 radical (unpaired) electrons. The minimum atomic E-state index is -3.94. The Kier molecular flexibility index (Phi) is 5.93. The lowest BCUT2D eigenvalue weighted by Crippen LogP contribution is -2.35. The summed E-state index contributed by atoms with van der Waals surface area (Å²) >= 11 is 0. The number of hydrogen-bond acceptors (Lipinski definition) is 4. The normalized spacial score (nSPS) is 13.0. The lowest BCUT2D eigenvalue weighted by molar-refractivity contribution is 0.289. The Morgan fingerprint density at radius 2 is 1.75 bits per heavy atom. The van der Waals surface area contributed by atoms with Crippen LogP contribution in [0.1, 0.15) is 11.6 Å². The third kappa shape index (κ3) is 4.11. The Morgan fingerprint density at radius 3 is 2.38 bits per heavy atom. The van der Waals surface area contributed by atoms with Gasteiger partial charge in [0, 0.05) is 12.1 Å². The summed E-state index contributed by atoms with van der Waals surface area (Å²) in [4.78, 5) is 1.52. The van der Waals surface area contributed by atoms with Crippen molar-refractivity contribution in [3.63, 3.8) is 0 Å². The van der Waals surface area contributed by atoms with Crippen LogP contribution in [-0.4, -0.2) is 41.1 Å². The van der Waals surface area contributed by atoms with Crippen LogP contribution >= 0.6 is 0 Å². The largest absolute Gasteiger partial charge is 0.496 e. The van der Waals surface area contributed by atoms with E-state index in [0.29, 0.717) is 5.75 Å². The molecule has 0 amide bonds. The lowest BCUT2D eigenvalue weighted by Gasteiger charge is -2.26. The summed E-state index contributed by atoms with van der Waals surface area (Å²) in [6.07, 6.45) is 0. The minimum absolute atomic E-state index is 0.0873. The maximum absolute atomic E-state index is 13.8. The summed E-state index contributed by atoms with van der Waals surface area (Å²) in [6, 6.07) is 12.4. The van der Waals surface area contributed by atoms with E-state index >= 15 is 0 Å². The average molecular weight is 352 g/mol. The van der Waals surface area contributed by atoms with Gasteiger partial charge in [-0.05, 0) is 32.3 Å². The lowest BCUT2D eigenvalue weighted by atomic mass is 10.1. The highest BCUT2D eigenvalue weighted by Crippen LogP contribution is 2.27. The van der Waals surface area contributed by atoms with E-state index in [1.807, 2.05) is 43.3 Å². The number of halogens is 1. The van der Waals surface area contributed by atoms with Crippen LogP contribution < -0.4 is 9.46 Å². The predicted octanol–water partition coefficient (Wildman–Crippen LogP) is 2.42. The van der Waals surface area contributed by atoms with Gasteiger partial charge in [-0.25, -0.2) is 17.5 Å². The number of rotatable bonds is 7. The van der Waals surface area contributed by atoms with E-state index in [-0.39, 0.29) is 17.5 Å². The first kappa shape index (κ1) is 18.4. The zero-order valence-electron chi connectivity index (χ0n) is 13.9. The molecule has 0 fully saturated rings. The van der Waals surface area contributed by atoms with E-state index < -0.39 is 15.8 Å². The smallest absolute Gasteiger partial charge is 0.243 e. The Bertz CT molecular complexity index is 794. The number of likely N-dealkylation sites (N-methyl/N-ethyl adjacent to an activating group) is 1. The highest BCUT2D eigenvalue weighted by atomic mass is 32.2. The van der Waals surface area contributed by atoms with Gasteiger partial charge in [-0.2, -0.15) is 0 Å². The Balaban J connectivity index is 2.25. The van der Waals surface area contributed by atoms with Crippen LogP contribution in [0.15, 0.2) is 53.4 Å². The number of benzene rings is 2. The minimum Gasteiger partial charge on any atom is -0.496 e. The molecule has 2 rings (SSSR count). The fourth-order valence-corrected chi connectivity index (χ4v) is 3.56. The van der Waals surface area contributed by atoms with E-state index in [1.165, 1.54) is 18.2 Å². The van der Waals surface area contributed by atoms with Crippen molar-refractivity contribution in [2.45, 2.75) is 10.9 Å². The Labute approximate surface area is 142 Å². The van der Waals surface area contributed by atoms with Gasteiger partial charge in [0.05, 0.1) is 13.2 Å². The van der Waals surface area contributed by atoms with Crippen LogP contribution in [0.5, 0.6) is 5.75 Å². The molecule has 130 valence electrons. The first-order valence-corrected chi connectivity index (χ1v) is 8.88. The molecule has 1 atom stereocenters. The van der Waals surface area contributed by atoms with Crippen molar-refractivity contribution < 1.29 is 17.5 Å². The molecule has 0 aliphatic heterocycles. The van der Waals surface area contributed by atoms with Gasteiger partial charge >= 0.3 is 0 Å². The first-order chi connectivity index (χ1) is 11.4. The van der Waals surface area contributed by atoms with Gasteiger partial charge in [-0.15, -0.1) is 0 Å². The quantitative estimate of drug-likeness (QED) is 0.831. The van der Waals surface area contributed by atoms with Gasteiger partial charge < -0.3 is 9.64 Å². The van der Waals surface area contributed by atoms with Gasteiger partial charge in [-0.1, -0.05) is 30.3 Å². The molecule has 5 nitrogen and oxygen atoms in total. The molecule has 2 aromatic rings. The van der Waals surface area contributed by atoms with Crippen LogP contribution in [0, 0.1) is 5.82 Å². The highest BCUT2D eigenvalue weighted by molar-refractivity contribution is 7.89. The van der Waals surface area contributed by atoms with Crippen LogP contribution in [0.25, 0.3) is 0 Å². The second-order valence-electron chi connectivity index (χ2n) is 5.50. The number of para-hydroxylation sites is 1. The van der Waals surface area contributed by atoms with E-state index in [1.54, 1.807) is 7.11 Å². The number of ether oxygens (including phenoxy) is 1. The molecule has 1 N–H and O–H groups in total. The first-order valence-electron chi connectivity index (χ1n) is 7.40. The summed E-state index contributed by atoms with van der Waals surface area (Å²) in [5.74, 6) is -0.106. The third-order valence-corrected chi connectivity index (χ3v) is 5.17. The Morgan fingerprint density at radius 1 is 1.12 bits per heavy atom. The van der Waals surface area contributed by atoms with Gasteiger partial charge in [0.15, 0.2) is 0 Å². The van der Waals surface area contributed by atoms with E-state index in [4.69, 9.17) is 4.74 Å². The average Bonchev–Trinajstić information content (AvgIpc) is 2.55. The topological polar surface area (TPSA) is 58.6 Å². The van der Waals surface area contributed by atoms with Crippen molar-refractivity contribution >= 4 is 10.0 Å². The number of methoxy groups -OCH3 is 1. The maximum atomic E-state index is 13.8. The van der Waals surface area contributed by atoms with E-state index in [0.717, 1.165) is 11.6 Å². The van der Waals surface area contributed by atoms with E-state index in [2.05, 4.69) is 4.72 Å². The van der Waals surface area contributed by atoms with Crippen LogP contribution in [-0.2, 0) is 10.0 Å². The van der Waals surface area contributed by atoms with Crippen molar-refractivity contribution in [3.05, 3.63) is 59.9 Å². The zero-order chi connectivity index (χ0) is 17.7. The molecule has 0 aliphatic carbocycles. The van der Waals surface area contributed by atoms with Gasteiger partial charge in [0.2, 0.25) is 10.0 Å². The third-order valence-electron chi connectivity index (χ3n) is 3.71. The summed E-state index contributed by atoms with van der Waals surface area (Å²) in [5, 5.41) is 0. The SMILES string of the molecule is COc1ccccc1[C@@H](CNS(=O)(=O)c1ccccc1F)N(C)C. The van der Waals surface area contributed by atoms with Gasteiger partial charge in [0.25, 0.3) is 0 Å². The molecule has 0 aliphatic rings. The van der Waals surface area contributed by atoms with Crippen molar-refractivity contribution in [2.75, 3.05) is 27.7 Å². The number of nitrogens with zero attached hydrogens (tertiary/aromatic N) is 1. The molecule has 0 aromatic heterocycles. The molecule has 2 aromatic carbocycles. The molecule has 7 heteroatoms. The number of nitrogens with one attached hydrogen (secondary N) is 1. The van der Waals surface area contributed by atoms with Crippen molar-refractivity contribution in [1.82, 2.24) is 9.62 Å². The molecule has 0 saturated heterocycles. The van der Waals surface area contributed by atoms with Gasteiger partial charge in [0.1, 0.15) is 16.5 Å². The number of sulfonamides is 1. The Hall–Kier alpha value is -1.96. The molecule has 24 heavy (non-hydrogen) atoms. The van der Waals surface area contributed by atoms with Crippen LogP contribution in [0.4, 0.5) is 4.39 Å². The maximum Gasteiger partial charge on any atom is 0.243 e. The van der Waals surface area contributed by atoms with Crippen molar-refractivity contribution in [2.24, 2.45) is 0 Å². The second-order valence-corrected chi connectivity index (χ2v) is 7.24. The van der Waals surface area contributed by atoms with Crippen LogP contribution in [0.3, 0.4) is 0 Å². The molecule has 0 bridgehead atoms. The second kappa shape index (κ2) is 7.74. The van der Waals surface area contributed by atoms with Crippen molar-refractivity contribution in [3.8, 4) is 5.75 Å². The van der Waals surface area contributed by atoms with Gasteiger partial charge in [-0.3, -0.25) is 0 Å². The van der Waals surface area contributed by atoms with E-state index in [9.17, 15) is 12.8 Å². The molecule has 0 unspecified atom stereocenters. The molecule has 0 heterocycles. The molecular weight excluding hydrogens is 331 g/mol. The molecule has 0 saturated carbocycles.